The highest BCUT2D eigenvalue weighted by molar-refractivity contribution is 7.89. The van der Waals surface area contributed by atoms with Crippen LogP contribution in [-0.4, -0.2) is 51.4 Å². The monoisotopic (exact) mass is 496 g/mol. The number of methoxy groups -OCH3 is 1. The lowest BCUT2D eigenvalue weighted by Gasteiger charge is -2.34. The van der Waals surface area contributed by atoms with Crippen molar-refractivity contribution in [3.8, 4) is 5.75 Å². The fourth-order valence-electron chi connectivity index (χ4n) is 3.98. The van der Waals surface area contributed by atoms with E-state index in [9.17, 15) is 26.8 Å². The highest BCUT2D eigenvalue weighted by Crippen LogP contribution is 2.32. The molecule has 1 heterocycles. The lowest BCUT2D eigenvalue weighted by Crippen LogP contribution is -2.42. The van der Waals surface area contributed by atoms with E-state index in [2.05, 4.69) is 5.32 Å². The number of sulfonamides is 1. The zero-order valence-electron chi connectivity index (χ0n) is 19.0. The van der Waals surface area contributed by atoms with Gasteiger partial charge in [0.25, 0.3) is 5.91 Å². The molecule has 2 unspecified atom stereocenters. The molecular weight excluding hydrogens is 470 g/mol. The van der Waals surface area contributed by atoms with Crippen molar-refractivity contribution in [1.82, 2.24) is 4.31 Å². The van der Waals surface area contributed by atoms with Gasteiger partial charge in [-0.1, -0.05) is 13.8 Å². The number of esters is 1. The quantitative estimate of drug-likeness (QED) is 0.590. The predicted molar refractivity (Wildman–Crippen MR) is 120 cm³/mol. The molecule has 1 amide bonds. The first kappa shape index (κ1) is 25.6. The number of amides is 1. The first-order valence-electron chi connectivity index (χ1n) is 10.6. The number of hydrogen-bond acceptors (Lipinski definition) is 6. The zero-order valence-corrected chi connectivity index (χ0v) is 19.8. The smallest absolute Gasteiger partial charge is 0.338 e. The molecule has 0 aliphatic carbocycles. The van der Waals surface area contributed by atoms with Crippen molar-refractivity contribution in [3.63, 3.8) is 0 Å². The summed E-state index contributed by atoms with van der Waals surface area (Å²) in [5, 5.41) is 2.22. The molecule has 1 fully saturated rings. The summed E-state index contributed by atoms with van der Waals surface area (Å²) in [6.07, 6.45) is 0.917. The van der Waals surface area contributed by atoms with Gasteiger partial charge >= 0.3 is 5.97 Å². The Morgan fingerprint density at radius 2 is 1.68 bits per heavy atom. The van der Waals surface area contributed by atoms with Crippen molar-refractivity contribution in [2.45, 2.75) is 25.2 Å². The molecule has 1 aliphatic rings. The zero-order chi connectivity index (χ0) is 25.0. The summed E-state index contributed by atoms with van der Waals surface area (Å²) in [5.74, 6) is -3.08. The number of halogens is 2. The third-order valence-corrected chi connectivity index (χ3v) is 7.19. The average Bonchev–Trinajstić information content (AvgIpc) is 2.75. The minimum Gasteiger partial charge on any atom is -0.495 e. The SMILES string of the molecule is COc1ccc(C(=O)OCC(=O)Nc2cc(F)cc(F)c2)cc1S(=O)(=O)N1CC(C)CC(C)C1. The van der Waals surface area contributed by atoms with E-state index in [1.807, 2.05) is 13.8 Å². The van der Waals surface area contributed by atoms with Crippen LogP contribution in [0, 0.1) is 23.5 Å². The highest BCUT2D eigenvalue weighted by atomic mass is 32.2. The molecule has 8 nitrogen and oxygen atoms in total. The minimum absolute atomic E-state index is 0.0771. The number of hydrogen-bond donors (Lipinski definition) is 1. The molecule has 2 aromatic rings. The van der Waals surface area contributed by atoms with E-state index >= 15 is 0 Å². The molecular formula is C23H26F2N2O6S. The van der Waals surface area contributed by atoms with E-state index in [0.717, 1.165) is 24.6 Å². The van der Waals surface area contributed by atoms with E-state index in [4.69, 9.17) is 9.47 Å². The van der Waals surface area contributed by atoms with Gasteiger partial charge < -0.3 is 14.8 Å². The minimum atomic E-state index is -3.96. The third-order valence-electron chi connectivity index (χ3n) is 5.33. The van der Waals surface area contributed by atoms with Gasteiger partial charge in [-0.2, -0.15) is 4.31 Å². The maximum atomic E-state index is 13.3. The Hall–Kier alpha value is -3.05. The predicted octanol–water partition coefficient (Wildman–Crippen LogP) is 3.44. The van der Waals surface area contributed by atoms with Crippen LogP contribution in [0.5, 0.6) is 5.75 Å². The maximum Gasteiger partial charge on any atom is 0.338 e. The Bertz CT molecular complexity index is 1160. The summed E-state index contributed by atoms with van der Waals surface area (Å²) in [4.78, 5) is 24.3. The molecule has 1 N–H and O–H groups in total. The Balaban J connectivity index is 1.74. The normalized spacial score (nSPS) is 18.9. The molecule has 184 valence electrons. The van der Waals surface area contributed by atoms with E-state index in [0.29, 0.717) is 19.2 Å². The number of carbonyl (C=O) groups excluding carboxylic acids is 2. The first-order valence-corrected chi connectivity index (χ1v) is 12.0. The van der Waals surface area contributed by atoms with Gasteiger partial charge in [0.2, 0.25) is 10.0 Å². The summed E-state index contributed by atoms with van der Waals surface area (Å²) in [7, 11) is -2.63. The van der Waals surface area contributed by atoms with Gasteiger partial charge in [-0.05, 0) is 48.6 Å². The van der Waals surface area contributed by atoms with Crippen molar-refractivity contribution in [1.29, 1.82) is 0 Å². The van der Waals surface area contributed by atoms with Crippen molar-refractivity contribution in [2.75, 3.05) is 32.1 Å². The van der Waals surface area contributed by atoms with Gasteiger partial charge in [-0.15, -0.1) is 0 Å². The second-order valence-electron chi connectivity index (χ2n) is 8.42. The molecule has 0 radical (unpaired) electrons. The topological polar surface area (TPSA) is 102 Å². The number of nitrogens with zero attached hydrogens (tertiary/aromatic N) is 1. The first-order chi connectivity index (χ1) is 16.0. The lowest BCUT2D eigenvalue weighted by molar-refractivity contribution is -0.119. The molecule has 0 spiro atoms. The molecule has 1 saturated heterocycles. The molecule has 1 aliphatic heterocycles. The van der Waals surface area contributed by atoms with Crippen LogP contribution in [0.15, 0.2) is 41.3 Å². The van der Waals surface area contributed by atoms with E-state index in [-0.39, 0.29) is 33.7 Å². The van der Waals surface area contributed by atoms with E-state index in [1.54, 1.807) is 0 Å². The summed E-state index contributed by atoms with van der Waals surface area (Å²) in [6, 6.07) is 6.28. The summed E-state index contributed by atoms with van der Waals surface area (Å²) < 4.78 is 64.7. The molecule has 2 atom stereocenters. The van der Waals surface area contributed by atoms with E-state index in [1.165, 1.54) is 23.5 Å². The molecule has 0 bridgehead atoms. The molecule has 3 rings (SSSR count). The lowest BCUT2D eigenvalue weighted by atomic mass is 9.94. The third kappa shape index (κ3) is 6.09. The van der Waals surface area contributed by atoms with Crippen LogP contribution < -0.4 is 10.1 Å². The van der Waals surface area contributed by atoms with Crippen molar-refractivity contribution in [2.24, 2.45) is 11.8 Å². The Kier molecular flexibility index (Phi) is 7.88. The number of ether oxygens (including phenoxy) is 2. The average molecular weight is 497 g/mol. The number of nitrogens with one attached hydrogen (secondary N) is 1. The fourth-order valence-corrected chi connectivity index (χ4v) is 5.84. The summed E-state index contributed by atoms with van der Waals surface area (Å²) in [6.45, 7) is 3.92. The summed E-state index contributed by atoms with van der Waals surface area (Å²) in [5.41, 5.74) is -0.233. The van der Waals surface area contributed by atoms with Crippen LogP contribution in [0.3, 0.4) is 0 Å². The maximum absolute atomic E-state index is 13.3. The Morgan fingerprint density at radius 1 is 1.06 bits per heavy atom. The molecule has 0 aromatic heterocycles. The number of piperidine rings is 1. The van der Waals surface area contributed by atoms with Gasteiger partial charge in [0, 0.05) is 24.8 Å². The number of carbonyl (C=O) groups is 2. The number of benzene rings is 2. The Labute approximate surface area is 196 Å². The molecule has 11 heteroatoms. The van der Waals surface area contributed by atoms with Crippen molar-refractivity contribution in [3.05, 3.63) is 53.6 Å². The van der Waals surface area contributed by atoms with Crippen LogP contribution in [-0.2, 0) is 19.6 Å². The van der Waals surface area contributed by atoms with Crippen molar-refractivity contribution >= 4 is 27.6 Å². The Morgan fingerprint density at radius 3 is 2.26 bits per heavy atom. The number of rotatable bonds is 7. The van der Waals surface area contributed by atoms with Crippen LogP contribution in [0.25, 0.3) is 0 Å². The summed E-state index contributed by atoms with van der Waals surface area (Å²) >= 11 is 0. The second-order valence-corrected chi connectivity index (χ2v) is 10.3. The number of anilines is 1. The standard InChI is InChI=1S/C23H26F2N2O6S/c1-14-6-15(2)12-27(11-14)34(30,31)21-7-16(4-5-20(21)32-3)23(29)33-13-22(28)26-19-9-17(24)8-18(25)10-19/h4-5,7-10,14-15H,6,11-13H2,1-3H3,(H,26,28). The van der Waals surface area contributed by atoms with Crippen LogP contribution in [0.1, 0.15) is 30.6 Å². The van der Waals surface area contributed by atoms with Crippen LogP contribution in [0.2, 0.25) is 0 Å². The van der Waals surface area contributed by atoms with Gasteiger partial charge in [0.15, 0.2) is 6.61 Å². The van der Waals surface area contributed by atoms with Gasteiger partial charge in [0.05, 0.1) is 12.7 Å². The van der Waals surface area contributed by atoms with Crippen molar-refractivity contribution < 1.29 is 36.3 Å². The molecule has 2 aromatic carbocycles. The molecule has 34 heavy (non-hydrogen) atoms. The van der Waals surface area contributed by atoms with Gasteiger partial charge in [0.1, 0.15) is 22.3 Å². The second kappa shape index (κ2) is 10.5. The molecule has 0 saturated carbocycles. The highest BCUT2D eigenvalue weighted by Gasteiger charge is 2.34. The van der Waals surface area contributed by atoms with Crippen LogP contribution >= 0.6 is 0 Å². The van der Waals surface area contributed by atoms with Gasteiger partial charge in [-0.3, -0.25) is 4.79 Å². The fraction of sp³-hybridized carbons (Fsp3) is 0.391. The largest absolute Gasteiger partial charge is 0.495 e. The van der Waals surface area contributed by atoms with Crippen LogP contribution in [0.4, 0.5) is 14.5 Å². The van der Waals surface area contributed by atoms with Gasteiger partial charge in [-0.25, -0.2) is 22.0 Å². The van der Waals surface area contributed by atoms with E-state index < -0.39 is 40.1 Å².